The Hall–Kier alpha value is -2.38. The summed E-state index contributed by atoms with van der Waals surface area (Å²) in [5.74, 6) is -0.0238. The van der Waals surface area contributed by atoms with Crippen molar-refractivity contribution in [3.05, 3.63) is 24.5 Å². The summed E-state index contributed by atoms with van der Waals surface area (Å²) < 4.78 is 17.7. The Morgan fingerprint density at radius 1 is 1.45 bits per heavy atom. The fourth-order valence-corrected chi connectivity index (χ4v) is 3.35. The molecule has 0 bridgehead atoms. The average molecular weight is 303 g/mol. The first-order chi connectivity index (χ1) is 10.7. The molecule has 1 spiro atoms. The van der Waals surface area contributed by atoms with Crippen LogP contribution in [0.3, 0.4) is 0 Å². The van der Waals surface area contributed by atoms with Gasteiger partial charge in [-0.2, -0.15) is 4.98 Å². The molecule has 1 aliphatic carbocycles. The van der Waals surface area contributed by atoms with Crippen LogP contribution in [0.4, 0.5) is 4.39 Å². The highest BCUT2D eigenvalue weighted by molar-refractivity contribution is 5.91. The van der Waals surface area contributed by atoms with Gasteiger partial charge in [-0.3, -0.25) is 14.2 Å². The van der Waals surface area contributed by atoms with Crippen LogP contribution in [0.1, 0.15) is 29.9 Å². The maximum atomic E-state index is 12.6. The fourth-order valence-electron chi connectivity index (χ4n) is 3.35. The van der Waals surface area contributed by atoms with Gasteiger partial charge in [0.1, 0.15) is 5.69 Å². The van der Waals surface area contributed by atoms with Crippen molar-refractivity contribution < 1.29 is 13.7 Å². The lowest BCUT2D eigenvalue weighted by Crippen LogP contribution is -2.68. The number of alkyl halides is 1. The maximum absolute atomic E-state index is 12.6. The number of halogens is 1. The summed E-state index contributed by atoms with van der Waals surface area (Å²) >= 11 is 0. The lowest BCUT2D eigenvalue weighted by atomic mass is 9.62. The van der Waals surface area contributed by atoms with Crippen LogP contribution < -0.4 is 0 Å². The number of amides is 1. The van der Waals surface area contributed by atoms with Gasteiger partial charge >= 0.3 is 11.8 Å². The van der Waals surface area contributed by atoms with Crippen molar-refractivity contribution in [3.8, 4) is 11.5 Å². The van der Waals surface area contributed by atoms with E-state index in [9.17, 15) is 9.18 Å². The first kappa shape index (κ1) is 13.3. The van der Waals surface area contributed by atoms with E-state index in [0.29, 0.717) is 12.2 Å². The van der Waals surface area contributed by atoms with Crippen LogP contribution in [0.2, 0.25) is 0 Å². The molecule has 2 aromatic heterocycles. The summed E-state index contributed by atoms with van der Waals surface area (Å²) in [5, 5.41) is 3.77. The number of rotatable bonds is 3. The number of carbonyl (C=O) groups excluding carboxylic acids is 1. The fraction of sp³-hybridized carbons (Fsp3) is 0.500. The normalized spacial score (nSPS) is 26.6. The van der Waals surface area contributed by atoms with E-state index in [-0.39, 0.29) is 35.8 Å². The Morgan fingerprint density at radius 3 is 2.95 bits per heavy atom. The van der Waals surface area contributed by atoms with Crippen molar-refractivity contribution in [3.63, 3.8) is 0 Å². The van der Waals surface area contributed by atoms with Gasteiger partial charge in [-0.1, -0.05) is 5.16 Å². The van der Waals surface area contributed by atoms with Crippen LogP contribution in [-0.2, 0) is 0 Å². The third-order valence-electron chi connectivity index (χ3n) is 4.58. The minimum absolute atomic E-state index is 0.0524. The maximum Gasteiger partial charge on any atom is 0.316 e. The first-order valence-corrected chi connectivity index (χ1v) is 7.20. The van der Waals surface area contributed by atoms with Crippen LogP contribution in [0.15, 0.2) is 23.1 Å². The summed E-state index contributed by atoms with van der Waals surface area (Å²) in [6.07, 6.45) is 6.92. The van der Waals surface area contributed by atoms with Crippen LogP contribution in [-0.4, -0.2) is 49.7 Å². The zero-order valence-corrected chi connectivity index (χ0v) is 11.8. The lowest BCUT2D eigenvalue weighted by molar-refractivity contribution is -0.0855. The summed E-state index contributed by atoms with van der Waals surface area (Å²) in [6, 6.07) is 0. The van der Waals surface area contributed by atoms with Crippen molar-refractivity contribution in [2.75, 3.05) is 13.2 Å². The first-order valence-electron chi connectivity index (χ1n) is 7.20. The van der Waals surface area contributed by atoms with E-state index < -0.39 is 0 Å². The van der Waals surface area contributed by atoms with Gasteiger partial charge in [0.25, 0.3) is 0 Å². The highest BCUT2D eigenvalue weighted by Crippen LogP contribution is 2.51. The standard InChI is InChI=1S/C14H14FN5O2/c15-7-9-5-14(6-9)1-4-20(14)13(21)12-18-11(19-22-12)10-8-16-2-3-17-10/h2-3,8-9H,1,4-7H2. The van der Waals surface area contributed by atoms with E-state index in [0.717, 1.165) is 19.3 Å². The molecule has 1 saturated heterocycles. The number of aromatic nitrogens is 4. The Kier molecular flexibility index (Phi) is 2.91. The quantitative estimate of drug-likeness (QED) is 0.854. The topological polar surface area (TPSA) is 85.0 Å². The van der Waals surface area contributed by atoms with Gasteiger partial charge in [-0.25, -0.2) is 4.98 Å². The second-order valence-electron chi connectivity index (χ2n) is 5.87. The van der Waals surface area contributed by atoms with Crippen molar-refractivity contribution in [1.29, 1.82) is 0 Å². The van der Waals surface area contributed by atoms with E-state index in [1.54, 1.807) is 4.90 Å². The molecule has 2 aliphatic rings. The largest absolute Gasteiger partial charge is 0.329 e. The third-order valence-corrected chi connectivity index (χ3v) is 4.58. The molecule has 0 aromatic carbocycles. The highest BCUT2D eigenvalue weighted by Gasteiger charge is 2.56. The van der Waals surface area contributed by atoms with Gasteiger partial charge in [-0.15, -0.1) is 0 Å². The smallest absolute Gasteiger partial charge is 0.316 e. The van der Waals surface area contributed by atoms with E-state index in [1.165, 1.54) is 18.6 Å². The highest BCUT2D eigenvalue weighted by atomic mass is 19.1. The van der Waals surface area contributed by atoms with Crippen molar-refractivity contribution >= 4 is 5.91 Å². The monoisotopic (exact) mass is 303 g/mol. The minimum atomic E-state index is -0.318. The average Bonchev–Trinajstić information content (AvgIpc) is 2.96. The van der Waals surface area contributed by atoms with E-state index in [4.69, 9.17) is 4.52 Å². The summed E-state index contributed by atoms with van der Waals surface area (Å²) in [4.78, 5) is 26.3. The molecule has 8 heteroatoms. The zero-order valence-electron chi connectivity index (χ0n) is 11.8. The summed E-state index contributed by atoms with van der Waals surface area (Å²) in [7, 11) is 0. The summed E-state index contributed by atoms with van der Waals surface area (Å²) in [6.45, 7) is 0.335. The molecule has 0 unspecified atom stereocenters. The van der Waals surface area contributed by atoms with Crippen LogP contribution in [0.25, 0.3) is 11.5 Å². The number of carbonyl (C=O) groups is 1. The molecule has 3 heterocycles. The molecule has 0 N–H and O–H groups in total. The molecular weight excluding hydrogens is 289 g/mol. The van der Waals surface area contributed by atoms with Gasteiger partial charge in [0.2, 0.25) is 5.82 Å². The molecule has 2 fully saturated rings. The van der Waals surface area contributed by atoms with Crippen molar-refractivity contribution in [1.82, 2.24) is 25.0 Å². The zero-order chi connectivity index (χ0) is 15.2. The van der Waals surface area contributed by atoms with Gasteiger partial charge in [-0.05, 0) is 25.2 Å². The third kappa shape index (κ3) is 1.90. The van der Waals surface area contributed by atoms with Crippen LogP contribution in [0.5, 0.6) is 0 Å². The molecular formula is C14H14FN5O2. The minimum Gasteiger partial charge on any atom is -0.329 e. The molecule has 1 saturated carbocycles. The molecule has 114 valence electrons. The second kappa shape index (κ2) is 4.82. The molecule has 7 nitrogen and oxygen atoms in total. The van der Waals surface area contributed by atoms with Crippen molar-refractivity contribution in [2.45, 2.75) is 24.8 Å². The summed E-state index contributed by atoms with van der Waals surface area (Å²) in [5.41, 5.74) is 0.263. The lowest BCUT2D eigenvalue weighted by Gasteiger charge is -2.60. The second-order valence-corrected chi connectivity index (χ2v) is 5.87. The number of likely N-dealkylation sites (tertiary alicyclic amines) is 1. The van der Waals surface area contributed by atoms with Gasteiger partial charge < -0.3 is 9.42 Å². The van der Waals surface area contributed by atoms with Gasteiger partial charge in [0.15, 0.2) is 0 Å². The van der Waals surface area contributed by atoms with E-state index in [1.807, 2.05) is 0 Å². The Bertz CT molecular complexity index is 698. The van der Waals surface area contributed by atoms with Gasteiger partial charge in [0.05, 0.1) is 12.9 Å². The van der Waals surface area contributed by atoms with E-state index >= 15 is 0 Å². The predicted molar refractivity (Wildman–Crippen MR) is 72.4 cm³/mol. The molecule has 0 radical (unpaired) electrons. The van der Waals surface area contributed by atoms with Gasteiger partial charge in [0, 0.05) is 24.5 Å². The molecule has 2 aromatic rings. The molecule has 0 atom stereocenters. The molecule has 22 heavy (non-hydrogen) atoms. The van der Waals surface area contributed by atoms with Crippen LogP contribution in [0, 0.1) is 5.92 Å². The molecule has 4 rings (SSSR count). The van der Waals surface area contributed by atoms with E-state index in [2.05, 4.69) is 20.1 Å². The Balaban J connectivity index is 1.51. The molecule has 1 amide bonds. The Labute approximate surface area is 125 Å². The van der Waals surface area contributed by atoms with Crippen molar-refractivity contribution in [2.24, 2.45) is 5.92 Å². The number of nitrogens with zero attached hydrogens (tertiary/aromatic N) is 5. The SMILES string of the molecule is O=C(c1nc(-c2cnccn2)no1)N1CCC12CC(CF)C2. The van der Waals surface area contributed by atoms with Crippen LogP contribution >= 0.6 is 0 Å². The molecule has 1 aliphatic heterocycles. The number of hydrogen-bond acceptors (Lipinski definition) is 6. The number of hydrogen-bond donors (Lipinski definition) is 0. The Morgan fingerprint density at radius 2 is 2.32 bits per heavy atom. The predicted octanol–water partition coefficient (Wildman–Crippen LogP) is 1.49.